The maximum Gasteiger partial charge on any atom is 0.165 e. The van der Waals surface area contributed by atoms with Crippen molar-refractivity contribution in [1.82, 2.24) is 24.9 Å². The van der Waals surface area contributed by atoms with E-state index in [-0.39, 0.29) is 25.5 Å². The Morgan fingerprint density at radius 1 is 0.475 bits per heavy atom. The van der Waals surface area contributed by atoms with E-state index in [0.717, 1.165) is 55.2 Å². The van der Waals surface area contributed by atoms with Crippen LogP contribution in [0.2, 0.25) is 0 Å². The molecule has 0 unspecified atom stereocenters. The van der Waals surface area contributed by atoms with Gasteiger partial charge in [-0.25, -0.2) is 15.0 Å². The summed E-state index contributed by atoms with van der Waals surface area (Å²) in [6, 6.07) is 68.6. The minimum Gasteiger partial charge on any atom is -0.304 e. The van der Waals surface area contributed by atoms with Crippen LogP contribution in [0.1, 0.15) is 25.0 Å². The Morgan fingerprint density at radius 2 is 1.08 bits per heavy atom. The number of rotatable bonds is 6. The zero-order valence-corrected chi connectivity index (χ0v) is 36.6. The average Bonchev–Trinajstić information content (AvgIpc) is 3.86. The zero-order chi connectivity index (χ0) is 40.5. The maximum atomic E-state index is 4.79. The van der Waals surface area contributed by atoms with E-state index in [1.807, 2.05) is 109 Å². The first kappa shape index (κ1) is 39.7. The predicted octanol–water partition coefficient (Wildman–Crippen LogP) is 13.5. The van der Waals surface area contributed by atoms with E-state index in [4.69, 9.17) is 24.9 Å². The van der Waals surface area contributed by atoms with Crippen LogP contribution in [0.25, 0.3) is 88.5 Å². The summed E-state index contributed by atoms with van der Waals surface area (Å²) in [5, 5.41) is 1.05. The molecule has 295 valence electrons. The summed E-state index contributed by atoms with van der Waals surface area (Å²) in [7, 11) is 0. The Bertz CT molecular complexity index is 3020. The molecule has 0 saturated heterocycles. The zero-order valence-electron chi connectivity index (χ0n) is 33.4. The molecule has 0 fully saturated rings. The van der Waals surface area contributed by atoms with Gasteiger partial charge in [0.05, 0.1) is 5.52 Å². The first-order valence-corrected chi connectivity index (χ1v) is 20.7. The molecule has 7 aromatic carbocycles. The maximum absolute atomic E-state index is 4.79. The second-order valence-corrected chi connectivity index (χ2v) is 16.2. The summed E-state index contributed by atoms with van der Waals surface area (Å²) < 4.78 is 1.23. The summed E-state index contributed by atoms with van der Waals surface area (Å²) in [5.41, 5.74) is 14.4. The van der Waals surface area contributed by atoms with Crippen LogP contribution in [0.15, 0.2) is 188 Å². The van der Waals surface area contributed by atoms with Crippen molar-refractivity contribution in [2.24, 2.45) is 0 Å². The first-order valence-electron chi connectivity index (χ1n) is 19.9. The fraction of sp³-hybridized carbons (Fsp3) is 0.0556. The topological polar surface area (TPSA) is 64.5 Å². The Hall–Kier alpha value is -6.76. The average molecular weight is 980 g/mol. The van der Waals surface area contributed by atoms with Gasteiger partial charge in [0.1, 0.15) is 0 Å². The standard InChI is InChI=1S/C32H21N4.C22H16NS.Ir/c1-4-11-23(12-5-1)26-17-10-18-27(21-26)29-20-19-28(22-33-29)32-35-30(24-13-6-2-7-14-24)34-31(36-32)25-15-8-3-9-16-25;1-22(2)17-8-4-3-7-15(17)16-12-11-14(13-18(16)22)21-23-19-9-5-6-10-20(19)24-21;/h1-17,19-22H;3-10,12-13H,1-2H3;/q2*-1;. The Balaban J connectivity index is 0.000000165. The summed E-state index contributed by atoms with van der Waals surface area (Å²) in [5.74, 6) is 1.85. The van der Waals surface area contributed by atoms with Crippen LogP contribution >= 0.6 is 11.3 Å². The molecule has 0 bridgehead atoms. The fourth-order valence-electron chi connectivity index (χ4n) is 7.80. The molecule has 1 aliphatic carbocycles. The molecule has 0 saturated carbocycles. The largest absolute Gasteiger partial charge is 0.304 e. The SMILES string of the molecule is CC1(C)c2ccccc2-c2c[c-]c(-c3nc4ccccc4s3)cc21.[Ir].[c-]1ccc(-c2ccccc2)cc1-c1ccc(-c2nc(-c3ccccc3)nc(-c3ccccc3)n2)cn1. The van der Waals surface area contributed by atoms with Gasteiger partial charge in [-0.15, -0.1) is 64.7 Å². The molecule has 3 aromatic heterocycles. The predicted molar refractivity (Wildman–Crippen MR) is 245 cm³/mol. The third-order valence-corrected chi connectivity index (χ3v) is 12.0. The number of hydrogen-bond acceptors (Lipinski definition) is 6. The normalized spacial score (nSPS) is 12.1. The van der Waals surface area contributed by atoms with Crippen molar-refractivity contribution in [3.8, 4) is 78.2 Å². The number of pyridine rings is 1. The summed E-state index contributed by atoms with van der Waals surface area (Å²) >= 11 is 1.74. The van der Waals surface area contributed by atoms with E-state index in [0.29, 0.717) is 17.5 Å². The molecule has 7 heteroatoms. The van der Waals surface area contributed by atoms with Crippen molar-refractivity contribution in [3.63, 3.8) is 0 Å². The van der Waals surface area contributed by atoms with Crippen LogP contribution in [0, 0.1) is 12.1 Å². The second kappa shape index (κ2) is 17.1. The van der Waals surface area contributed by atoms with E-state index in [1.165, 1.54) is 27.0 Å². The second-order valence-electron chi connectivity index (χ2n) is 15.2. The number of hydrogen-bond donors (Lipinski definition) is 0. The van der Waals surface area contributed by atoms with Crippen LogP contribution in [-0.4, -0.2) is 24.9 Å². The van der Waals surface area contributed by atoms with Crippen molar-refractivity contribution >= 4 is 21.6 Å². The van der Waals surface area contributed by atoms with Crippen molar-refractivity contribution in [2.75, 3.05) is 0 Å². The molecule has 10 aromatic rings. The van der Waals surface area contributed by atoms with Crippen LogP contribution in [0.5, 0.6) is 0 Å². The van der Waals surface area contributed by atoms with Crippen molar-refractivity contribution < 1.29 is 20.1 Å². The third-order valence-electron chi connectivity index (χ3n) is 10.9. The molecule has 61 heavy (non-hydrogen) atoms. The fourth-order valence-corrected chi connectivity index (χ4v) is 8.74. The van der Waals surface area contributed by atoms with E-state index in [1.54, 1.807) is 11.3 Å². The molecule has 0 atom stereocenters. The summed E-state index contributed by atoms with van der Waals surface area (Å²) in [6.45, 7) is 4.61. The first-order chi connectivity index (χ1) is 29.5. The van der Waals surface area contributed by atoms with Gasteiger partial charge in [-0.3, -0.25) is 4.98 Å². The Morgan fingerprint density at radius 3 is 1.74 bits per heavy atom. The number of para-hydroxylation sites is 1. The van der Waals surface area contributed by atoms with Crippen LogP contribution in [0.3, 0.4) is 0 Å². The van der Waals surface area contributed by atoms with Gasteiger partial charge in [0.25, 0.3) is 0 Å². The molecule has 5 nitrogen and oxygen atoms in total. The van der Waals surface area contributed by atoms with Crippen molar-refractivity contribution in [2.45, 2.75) is 19.3 Å². The van der Waals surface area contributed by atoms with Gasteiger partial charge in [-0.05, 0) is 34.4 Å². The van der Waals surface area contributed by atoms with Gasteiger partial charge in [0.15, 0.2) is 17.5 Å². The van der Waals surface area contributed by atoms with Gasteiger partial charge in [-0.1, -0.05) is 165 Å². The molecule has 3 heterocycles. The molecular weight excluding hydrogens is 943 g/mol. The van der Waals surface area contributed by atoms with Gasteiger partial charge in [-0.2, -0.15) is 11.3 Å². The van der Waals surface area contributed by atoms with Crippen LogP contribution in [-0.2, 0) is 25.5 Å². The molecule has 0 amide bonds. The number of nitrogens with zero attached hydrogens (tertiary/aromatic N) is 5. The minimum atomic E-state index is 0. The molecular formula is C54H37IrN5S-2. The number of benzene rings is 7. The van der Waals surface area contributed by atoms with Crippen molar-refractivity contribution in [1.29, 1.82) is 0 Å². The number of thiazole rings is 1. The van der Waals surface area contributed by atoms with Crippen molar-refractivity contribution in [3.05, 3.63) is 211 Å². The Labute approximate surface area is 373 Å². The Kier molecular flexibility index (Phi) is 11.1. The molecule has 0 spiro atoms. The van der Waals surface area contributed by atoms with E-state index in [9.17, 15) is 0 Å². The number of aromatic nitrogens is 5. The van der Waals surface area contributed by atoms with E-state index >= 15 is 0 Å². The van der Waals surface area contributed by atoms with E-state index in [2.05, 4.69) is 105 Å². The smallest absolute Gasteiger partial charge is 0.165 e. The number of fused-ring (bicyclic) bond motifs is 4. The quantitative estimate of drug-likeness (QED) is 0.155. The molecule has 1 radical (unpaired) electrons. The van der Waals surface area contributed by atoms with Crippen LogP contribution < -0.4 is 0 Å². The third kappa shape index (κ3) is 7.99. The van der Waals surface area contributed by atoms with Crippen LogP contribution in [0.4, 0.5) is 0 Å². The summed E-state index contributed by atoms with van der Waals surface area (Å²) in [6.07, 6.45) is 1.82. The molecule has 0 N–H and O–H groups in total. The van der Waals surface area contributed by atoms with Gasteiger partial charge < -0.3 is 4.98 Å². The van der Waals surface area contributed by atoms with E-state index < -0.39 is 0 Å². The monoisotopic (exact) mass is 980 g/mol. The van der Waals surface area contributed by atoms with Gasteiger partial charge >= 0.3 is 0 Å². The van der Waals surface area contributed by atoms with Gasteiger partial charge in [0, 0.05) is 52.7 Å². The minimum absolute atomic E-state index is 0. The molecule has 0 aliphatic heterocycles. The summed E-state index contributed by atoms with van der Waals surface area (Å²) in [4.78, 5) is 23.9. The molecule has 11 rings (SSSR count). The van der Waals surface area contributed by atoms with Gasteiger partial charge in [0.2, 0.25) is 0 Å². The molecule has 1 aliphatic rings.